The topological polar surface area (TPSA) is 143 Å². The Kier molecular flexibility index (Phi) is 9.43. The highest BCUT2D eigenvalue weighted by molar-refractivity contribution is 5.82. The van der Waals surface area contributed by atoms with Gasteiger partial charge in [-0.15, -0.1) is 0 Å². The molecule has 0 aliphatic carbocycles. The van der Waals surface area contributed by atoms with Crippen LogP contribution in [0.3, 0.4) is 0 Å². The average molecular weight is 409 g/mol. The fourth-order valence-electron chi connectivity index (χ4n) is 2.05. The summed E-state index contributed by atoms with van der Waals surface area (Å²) in [5.41, 5.74) is 0.0788. The minimum Gasteiger partial charge on any atom is -0.480 e. The van der Waals surface area contributed by atoms with Crippen molar-refractivity contribution in [2.75, 3.05) is 13.1 Å². The highest BCUT2D eigenvalue weighted by Crippen LogP contribution is 2.06. The normalized spacial score (nSPS) is 11.7. The van der Waals surface area contributed by atoms with Crippen molar-refractivity contribution in [2.45, 2.75) is 45.4 Å². The number of hydrogen-bond donors (Lipinski definition) is 4. The van der Waals surface area contributed by atoms with Crippen molar-refractivity contribution in [3.8, 4) is 0 Å². The molecule has 10 heteroatoms. The Bertz CT molecular complexity index is 702. The largest absolute Gasteiger partial charge is 0.480 e. The summed E-state index contributed by atoms with van der Waals surface area (Å²) in [6, 6.07) is 7.69. The lowest BCUT2D eigenvalue weighted by Crippen LogP contribution is -2.44. The monoisotopic (exact) mass is 409 g/mol. The second kappa shape index (κ2) is 11.5. The van der Waals surface area contributed by atoms with Gasteiger partial charge in [-0.3, -0.25) is 4.79 Å². The van der Waals surface area contributed by atoms with Crippen LogP contribution in [0.4, 0.5) is 9.59 Å². The average Bonchev–Trinajstić information content (AvgIpc) is 2.63. The van der Waals surface area contributed by atoms with Crippen molar-refractivity contribution in [3.63, 3.8) is 0 Å². The second-order valence-corrected chi connectivity index (χ2v) is 7.09. The molecule has 160 valence electrons. The first-order valence-corrected chi connectivity index (χ1v) is 9.00. The van der Waals surface area contributed by atoms with Gasteiger partial charge < -0.3 is 30.5 Å². The summed E-state index contributed by atoms with van der Waals surface area (Å²) < 4.78 is 9.97. The summed E-state index contributed by atoms with van der Waals surface area (Å²) in [7, 11) is 0. The Balaban J connectivity index is 2.31. The van der Waals surface area contributed by atoms with Gasteiger partial charge in [-0.05, 0) is 32.8 Å². The number of amides is 3. The lowest BCUT2D eigenvalue weighted by atomic mass is 10.2. The number of alkyl carbamates (subject to hydrolysis) is 2. The van der Waals surface area contributed by atoms with E-state index < -0.39 is 35.7 Å². The van der Waals surface area contributed by atoms with E-state index in [0.29, 0.717) is 0 Å². The fourth-order valence-corrected chi connectivity index (χ4v) is 2.05. The summed E-state index contributed by atoms with van der Waals surface area (Å²) in [6.45, 7) is 4.74. The predicted molar refractivity (Wildman–Crippen MR) is 103 cm³/mol. The molecule has 1 rings (SSSR count). The molecule has 0 spiro atoms. The molecule has 29 heavy (non-hydrogen) atoms. The predicted octanol–water partition coefficient (Wildman–Crippen LogP) is 1.40. The number of rotatable bonds is 9. The van der Waals surface area contributed by atoms with Crippen LogP contribution in [-0.2, 0) is 25.7 Å². The van der Waals surface area contributed by atoms with Gasteiger partial charge in [0, 0.05) is 6.54 Å². The number of hydrogen-bond acceptors (Lipinski definition) is 6. The van der Waals surface area contributed by atoms with Crippen molar-refractivity contribution in [1.29, 1.82) is 0 Å². The van der Waals surface area contributed by atoms with Crippen LogP contribution in [-0.4, -0.2) is 53.9 Å². The van der Waals surface area contributed by atoms with E-state index in [4.69, 9.17) is 9.47 Å². The summed E-state index contributed by atoms with van der Waals surface area (Å²) in [4.78, 5) is 46.2. The number of carbonyl (C=O) groups is 4. The van der Waals surface area contributed by atoms with E-state index in [-0.39, 0.29) is 26.1 Å². The molecule has 0 aliphatic rings. The molecule has 4 N–H and O–H groups in total. The Morgan fingerprint density at radius 3 is 2.28 bits per heavy atom. The SMILES string of the molecule is CC(C)(C)OC(=O)NCC(=O)NCC[C@H](NC(=O)OCc1ccccc1)C(=O)O. The van der Waals surface area contributed by atoms with Crippen LogP contribution >= 0.6 is 0 Å². The van der Waals surface area contributed by atoms with Gasteiger partial charge in [-0.1, -0.05) is 30.3 Å². The Labute approximate surface area is 168 Å². The number of benzene rings is 1. The molecular formula is C19H27N3O7. The minimum atomic E-state index is -1.26. The maximum Gasteiger partial charge on any atom is 0.408 e. The number of carbonyl (C=O) groups excluding carboxylic acids is 3. The van der Waals surface area contributed by atoms with E-state index in [1.165, 1.54) is 0 Å². The van der Waals surface area contributed by atoms with Crippen molar-refractivity contribution < 1.29 is 33.8 Å². The van der Waals surface area contributed by atoms with Gasteiger partial charge >= 0.3 is 18.2 Å². The minimum absolute atomic E-state index is 0.00603. The van der Waals surface area contributed by atoms with Gasteiger partial charge in [-0.2, -0.15) is 0 Å². The van der Waals surface area contributed by atoms with Crippen molar-refractivity contribution in [2.24, 2.45) is 0 Å². The van der Waals surface area contributed by atoms with Gasteiger partial charge in [0.05, 0.1) is 6.54 Å². The van der Waals surface area contributed by atoms with Crippen LogP contribution in [0, 0.1) is 0 Å². The number of aliphatic carboxylic acids is 1. The molecule has 3 amide bonds. The quantitative estimate of drug-likeness (QED) is 0.483. The third kappa shape index (κ3) is 11.2. The lowest BCUT2D eigenvalue weighted by Gasteiger charge is -2.19. The van der Waals surface area contributed by atoms with E-state index in [0.717, 1.165) is 5.56 Å². The van der Waals surface area contributed by atoms with Crippen LogP contribution in [0.25, 0.3) is 0 Å². The summed E-state index contributed by atoms with van der Waals surface area (Å²) >= 11 is 0. The molecule has 1 atom stereocenters. The van der Waals surface area contributed by atoms with E-state index in [2.05, 4.69) is 16.0 Å². The zero-order valence-electron chi connectivity index (χ0n) is 16.7. The molecule has 0 unspecified atom stereocenters. The molecule has 1 aromatic carbocycles. The molecule has 0 fully saturated rings. The van der Waals surface area contributed by atoms with E-state index in [1.807, 2.05) is 6.07 Å². The first-order chi connectivity index (χ1) is 13.6. The number of carboxylic acid groups (broad SMARTS) is 1. The van der Waals surface area contributed by atoms with Crippen molar-refractivity contribution in [1.82, 2.24) is 16.0 Å². The van der Waals surface area contributed by atoms with Crippen LogP contribution in [0.15, 0.2) is 30.3 Å². The number of carboxylic acids is 1. The van der Waals surface area contributed by atoms with E-state index in [1.54, 1.807) is 45.0 Å². The first kappa shape index (κ1) is 23.7. The maximum atomic E-state index is 11.8. The molecule has 0 aliphatic heterocycles. The zero-order chi connectivity index (χ0) is 21.9. The number of nitrogens with one attached hydrogen (secondary N) is 3. The van der Waals surface area contributed by atoms with Gasteiger partial charge in [0.25, 0.3) is 0 Å². The van der Waals surface area contributed by atoms with Crippen LogP contribution < -0.4 is 16.0 Å². The first-order valence-electron chi connectivity index (χ1n) is 9.00. The van der Waals surface area contributed by atoms with Crippen LogP contribution in [0.2, 0.25) is 0 Å². The summed E-state index contributed by atoms with van der Waals surface area (Å²) in [5, 5.41) is 16.2. The van der Waals surface area contributed by atoms with Gasteiger partial charge in [0.2, 0.25) is 5.91 Å². The fraction of sp³-hybridized carbons (Fsp3) is 0.474. The van der Waals surface area contributed by atoms with Crippen LogP contribution in [0.5, 0.6) is 0 Å². The molecule has 0 saturated heterocycles. The van der Waals surface area contributed by atoms with E-state index >= 15 is 0 Å². The standard InChI is InChI=1S/C19H27N3O7/c1-19(2,3)29-17(26)21-11-15(23)20-10-9-14(16(24)25)22-18(27)28-12-13-7-5-4-6-8-13/h4-8,14H,9-12H2,1-3H3,(H,20,23)(H,21,26)(H,22,27)(H,24,25)/t14-/m0/s1. The molecule has 0 bridgehead atoms. The highest BCUT2D eigenvalue weighted by atomic mass is 16.6. The van der Waals surface area contributed by atoms with Gasteiger partial charge in [0.1, 0.15) is 18.2 Å². The lowest BCUT2D eigenvalue weighted by molar-refractivity contribution is -0.139. The summed E-state index contributed by atoms with van der Waals surface area (Å²) in [6.07, 6.45) is -1.67. The third-order valence-corrected chi connectivity index (χ3v) is 3.35. The van der Waals surface area contributed by atoms with Gasteiger partial charge in [0.15, 0.2) is 0 Å². The Morgan fingerprint density at radius 2 is 1.69 bits per heavy atom. The summed E-state index contributed by atoms with van der Waals surface area (Å²) in [5.74, 6) is -1.78. The molecular weight excluding hydrogens is 382 g/mol. The smallest absolute Gasteiger partial charge is 0.408 e. The Morgan fingerprint density at radius 1 is 1.03 bits per heavy atom. The molecule has 1 aromatic rings. The van der Waals surface area contributed by atoms with Crippen LogP contribution in [0.1, 0.15) is 32.8 Å². The zero-order valence-corrected chi connectivity index (χ0v) is 16.7. The molecule has 10 nitrogen and oxygen atoms in total. The third-order valence-electron chi connectivity index (χ3n) is 3.35. The highest BCUT2D eigenvalue weighted by Gasteiger charge is 2.21. The molecule has 0 radical (unpaired) electrons. The number of ether oxygens (including phenoxy) is 2. The van der Waals surface area contributed by atoms with Crippen molar-refractivity contribution >= 4 is 24.1 Å². The van der Waals surface area contributed by atoms with Gasteiger partial charge in [-0.25, -0.2) is 14.4 Å². The van der Waals surface area contributed by atoms with Crippen molar-refractivity contribution in [3.05, 3.63) is 35.9 Å². The maximum absolute atomic E-state index is 11.8. The van der Waals surface area contributed by atoms with E-state index in [9.17, 15) is 24.3 Å². The molecule has 0 aromatic heterocycles. The second-order valence-electron chi connectivity index (χ2n) is 7.09. The molecule has 0 heterocycles. The Hall–Kier alpha value is -3.30. The molecule has 0 saturated carbocycles.